The monoisotopic (exact) mass is 194 g/mol. The molecular weight excluding hydrogens is 184 g/mol. The van der Waals surface area contributed by atoms with Gasteiger partial charge in [0.2, 0.25) is 0 Å². The van der Waals surface area contributed by atoms with E-state index in [1.165, 1.54) is 0 Å². The van der Waals surface area contributed by atoms with Crippen LogP contribution in [-0.2, 0) is 0 Å². The first-order valence-corrected chi connectivity index (χ1v) is 4.28. The highest BCUT2D eigenvalue weighted by atomic mass is 35.5. The zero-order chi connectivity index (χ0) is 9.68. The van der Waals surface area contributed by atoms with E-state index in [2.05, 4.69) is 17.1 Å². The van der Waals surface area contributed by atoms with Crippen LogP contribution in [0.1, 0.15) is 5.56 Å². The van der Waals surface area contributed by atoms with Crippen molar-refractivity contribution < 1.29 is 0 Å². The molecule has 68 valence electrons. The van der Waals surface area contributed by atoms with Crippen molar-refractivity contribution in [1.82, 2.24) is 5.43 Å². The lowest BCUT2D eigenvalue weighted by Crippen LogP contribution is -2.03. The third-order valence-electron chi connectivity index (χ3n) is 1.57. The van der Waals surface area contributed by atoms with Crippen molar-refractivity contribution in [1.29, 1.82) is 0 Å². The molecule has 2 nitrogen and oxygen atoms in total. The Morgan fingerprint density at radius 3 is 2.54 bits per heavy atom. The Hall–Kier alpha value is -1.28. The molecule has 1 rings (SSSR count). The first kappa shape index (κ1) is 9.81. The summed E-state index contributed by atoms with van der Waals surface area (Å²) in [5.74, 6) is 0. The maximum absolute atomic E-state index is 5.76. The maximum atomic E-state index is 5.76. The summed E-state index contributed by atoms with van der Waals surface area (Å²) in [4.78, 5) is 0. The van der Waals surface area contributed by atoms with Crippen molar-refractivity contribution in [3.63, 3.8) is 0 Å². The fourth-order valence-corrected chi connectivity index (χ4v) is 1.10. The molecule has 1 aromatic carbocycles. The Bertz CT molecular complexity index is 314. The average molecular weight is 195 g/mol. The van der Waals surface area contributed by atoms with Crippen LogP contribution in [0.15, 0.2) is 42.0 Å². The minimum Gasteiger partial charge on any atom is -0.313 e. The van der Waals surface area contributed by atoms with Crippen LogP contribution in [0, 0.1) is 0 Å². The molecule has 0 aliphatic carbocycles. The summed E-state index contributed by atoms with van der Waals surface area (Å²) in [6, 6.07) is 7.46. The average Bonchev–Trinajstić information content (AvgIpc) is 2.16. The molecule has 0 radical (unpaired) electrons. The van der Waals surface area contributed by atoms with Crippen LogP contribution in [0.5, 0.6) is 0 Å². The van der Waals surface area contributed by atoms with Gasteiger partial charge in [-0.25, -0.2) is 0 Å². The Kier molecular flexibility index (Phi) is 3.53. The van der Waals surface area contributed by atoms with Gasteiger partial charge in [-0.2, -0.15) is 5.10 Å². The first-order valence-electron chi connectivity index (χ1n) is 3.90. The van der Waals surface area contributed by atoms with Crippen molar-refractivity contribution in [3.8, 4) is 0 Å². The van der Waals surface area contributed by atoms with Crippen LogP contribution in [0.4, 0.5) is 0 Å². The summed E-state index contributed by atoms with van der Waals surface area (Å²) >= 11 is 5.76. The molecule has 0 atom stereocenters. The summed E-state index contributed by atoms with van der Waals surface area (Å²) in [6.07, 6.45) is 1.69. The second-order valence-corrected chi connectivity index (χ2v) is 2.87. The Morgan fingerprint density at radius 2 is 2.08 bits per heavy atom. The van der Waals surface area contributed by atoms with E-state index in [1.807, 2.05) is 24.3 Å². The number of hydrazone groups is 1. The van der Waals surface area contributed by atoms with Gasteiger partial charge in [-0.3, -0.25) is 0 Å². The molecule has 0 spiro atoms. The summed E-state index contributed by atoms with van der Waals surface area (Å²) in [6.45, 7) is 3.67. The maximum Gasteiger partial charge on any atom is 0.0895 e. The van der Waals surface area contributed by atoms with Gasteiger partial charge in [-0.15, -0.1) is 0 Å². The fourth-order valence-electron chi connectivity index (χ4n) is 0.969. The van der Waals surface area contributed by atoms with Crippen molar-refractivity contribution >= 4 is 17.3 Å². The molecule has 0 aromatic heterocycles. The molecule has 13 heavy (non-hydrogen) atoms. The Morgan fingerprint density at radius 1 is 1.46 bits per heavy atom. The summed E-state index contributed by atoms with van der Waals surface area (Å²) in [7, 11) is 1.75. The van der Waals surface area contributed by atoms with Crippen LogP contribution in [0.3, 0.4) is 0 Å². The summed E-state index contributed by atoms with van der Waals surface area (Å²) in [5, 5.41) is 4.77. The van der Waals surface area contributed by atoms with Gasteiger partial charge < -0.3 is 5.43 Å². The lowest BCUT2D eigenvalue weighted by molar-refractivity contribution is 0.903. The van der Waals surface area contributed by atoms with Gasteiger partial charge in [0.05, 0.1) is 5.71 Å². The van der Waals surface area contributed by atoms with Crippen LogP contribution in [0.2, 0.25) is 5.02 Å². The molecular formula is C10H11ClN2. The van der Waals surface area contributed by atoms with Gasteiger partial charge in [0.15, 0.2) is 0 Å². The Balaban J connectivity index is 2.99. The molecule has 1 aromatic rings. The topological polar surface area (TPSA) is 24.4 Å². The molecule has 0 saturated carbocycles. The summed E-state index contributed by atoms with van der Waals surface area (Å²) < 4.78 is 0. The smallest absolute Gasteiger partial charge is 0.0895 e. The van der Waals surface area contributed by atoms with Crippen molar-refractivity contribution in [2.45, 2.75) is 0 Å². The van der Waals surface area contributed by atoms with E-state index in [1.54, 1.807) is 13.1 Å². The predicted molar refractivity (Wildman–Crippen MR) is 57.2 cm³/mol. The first-order chi connectivity index (χ1) is 6.27. The summed E-state index contributed by atoms with van der Waals surface area (Å²) in [5.41, 5.74) is 4.51. The highest BCUT2D eigenvalue weighted by molar-refractivity contribution is 6.30. The fraction of sp³-hybridized carbons (Fsp3) is 0.100. The molecule has 0 heterocycles. The molecule has 0 saturated heterocycles. The quantitative estimate of drug-likeness (QED) is 0.580. The number of rotatable bonds is 3. The zero-order valence-electron chi connectivity index (χ0n) is 7.42. The molecule has 0 unspecified atom stereocenters. The van der Waals surface area contributed by atoms with Crippen molar-refractivity contribution in [2.24, 2.45) is 5.10 Å². The van der Waals surface area contributed by atoms with E-state index in [0.717, 1.165) is 16.3 Å². The van der Waals surface area contributed by atoms with E-state index in [-0.39, 0.29) is 0 Å². The van der Waals surface area contributed by atoms with Crippen LogP contribution in [-0.4, -0.2) is 12.8 Å². The van der Waals surface area contributed by atoms with E-state index < -0.39 is 0 Å². The second-order valence-electron chi connectivity index (χ2n) is 2.43. The highest BCUT2D eigenvalue weighted by Crippen LogP contribution is 2.10. The lowest BCUT2D eigenvalue weighted by Gasteiger charge is -2.00. The third kappa shape index (κ3) is 2.60. The van der Waals surface area contributed by atoms with Crippen LogP contribution in [0.25, 0.3) is 0 Å². The highest BCUT2D eigenvalue weighted by Gasteiger charge is 1.97. The molecule has 0 amide bonds. The van der Waals surface area contributed by atoms with E-state index in [4.69, 9.17) is 11.6 Å². The SMILES string of the molecule is C=C/C(=N\NC)c1ccc(Cl)cc1. The van der Waals surface area contributed by atoms with Gasteiger partial charge in [0.1, 0.15) is 0 Å². The molecule has 0 aliphatic heterocycles. The third-order valence-corrected chi connectivity index (χ3v) is 1.82. The number of nitrogens with one attached hydrogen (secondary N) is 1. The van der Waals surface area contributed by atoms with Gasteiger partial charge in [0, 0.05) is 17.6 Å². The molecule has 0 bridgehead atoms. The van der Waals surface area contributed by atoms with Crippen LogP contribution >= 0.6 is 11.6 Å². The number of benzene rings is 1. The predicted octanol–water partition coefficient (Wildman–Crippen LogP) is 2.45. The molecule has 1 N–H and O–H groups in total. The van der Waals surface area contributed by atoms with Crippen molar-refractivity contribution in [2.75, 3.05) is 7.05 Å². The largest absolute Gasteiger partial charge is 0.313 e. The van der Waals surface area contributed by atoms with Crippen LogP contribution < -0.4 is 5.43 Å². The number of hydrogen-bond acceptors (Lipinski definition) is 2. The second kappa shape index (κ2) is 4.67. The normalized spacial score (nSPS) is 11.1. The van der Waals surface area contributed by atoms with E-state index >= 15 is 0 Å². The molecule has 0 fully saturated rings. The standard InChI is InChI=1S/C10H11ClN2/c1-3-10(13-12-2)8-4-6-9(11)7-5-8/h3-7,12H,1H2,2H3/b13-10+. The number of nitrogens with zero attached hydrogens (tertiary/aromatic N) is 1. The zero-order valence-corrected chi connectivity index (χ0v) is 8.17. The number of hydrogen-bond donors (Lipinski definition) is 1. The number of allylic oxidation sites excluding steroid dienone is 1. The van der Waals surface area contributed by atoms with Crippen molar-refractivity contribution in [3.05, 3.63) is 47.5 Å². The van der Waals surface area contributed by atoms with Gasteiger partial charge in [-0.1, -0.05) is 30.3 Å². The van der Waals surface area contributed by atoms with Gasteiger partial charge in [0.25, 0.3) is 0 Å². The van der Waals surface area contributed by atoms with Gasteiger partial charge in [-0.05, 0) is 18.2 Å². The lowest BCUT2D eigenvalue weighted by atomic mass is 10.1. The minimum atomic E-state index is 0.719. The molecule has 3 heteroatoms. The molecule has 0 aliphatic rings. The minimum absolute atomic E-state index is 0.719. The Labute approximate surface area is 82.9 Å². The number of halogens is 1. The van der Waals surface area contributed by atoms with Gasteiger partial charge >= 0.3 is 0 Å². The van der Waals surface area contributed by atoms with E-state index in [9.17, 15) is 0 Å². The van der Waals surface area contributed by atoms with E-state index in [0.29, 0.717) is 0 Å².